The van der Waals surface area contributed by atoms with E-state index in [1.807, 2.05) is 69.5 Å². The fourth-order valence-electron chi connectivity index (χ4n) is 3.43. The number of amides is 2. The zero-order chi connectivity index (χ0) is 22.4. The van der Waals surface area contributed by atoms with Crippen LogP contribution in [-0.2, 0) is 0 Å². The van der Waals surface area contributed by atoms with Crippen molar-refractivity contribution in [1.29, 1.82) is 0 Å². The summed E-state index contributed by atoms with van der Waals surface area (Å²) in [7, 11) is 7.92. The van der Waals surface area contributed by atoms with Gasteiger partial charge in [0.15, 0.2) is 5.69 Å². The maximum absolute atomic E-state index is 13.1. The van der Waals surface area contributed by atoms with Crippen molar-refractivity contribution in [3.05, 3.63) is 66.0 Å². The van der Waals surface area contributed by atoms with Gasteiger partial charge in [-0.25, -0.2) is 4.98 Å². The van der Waals surface area contributed by atoms with Gasteiger partial charge in [0.25, 0.3) is 11.8 Å². The molecule has 2 amide bonds. The first-order valence-electron chi connectivity index (χ1n) is 10.3. The number of pyridine rings is 1. The third-order valence-electron chi connectivity index (χ3n) is 4.97. The highest BCUT2D eigenvalue weighted by atomic mass is 16.2. The van der Waals surface area contributed by atoms with E-state index in [1.165, 1.54) is 0 Å². The lowest BCUT2D eigenvalue weighted by atomic mass is 10.0. The van der Waals surface area contributed by atoms with E-state index in [4.69, 9.17) is 0 Å². The molecule has 0 fully saturated rings. The summed E-state index contributed by atoms with van der Waals surface area (Å²) in [4.78, 5) is 34.0. The van der Waals surface area contributed by atoms with Gasteiger partial charge in [-0.1, -0.05) is 24.3 Å². The number of hydrogen-bond acceptors (Lipinski definition) is 5. The van der Waals surface area contributed by atoms with E-state index in [-0.39, 0.29) is 17.5 Å². The molecule has 0 aliphatic heterocycles. The van der Waals surface area contributed by atoms with E-state index in [9.17, 15) is 9.59 Å². The first kappa shape index (κ1) is 22.2. The monoisotopic (exact) mass is 419 g/mol. The van der Waals surface area contributed by atoms with Gasteiger partial charge < -0.3 is 20.4 Å². The van der Waals surface area contributed by atoms with E-state index >= 15 is 0 Å². The molecule has 2 N–H and O–H groups in total. The lowest BCUT2D eigenvalue weighted by Crippen LogP contribution is -2.29. The Hall–Kier alpha value is -3.45. The molecule has 0 unspecified atom stereocenters. The molecule has 2 aromatic carbocycles. The van der Waals surface area contributed by atoms with Crippen LogP contribution in [0.25, 0.3) is 10.8 Å². The minimum Gasteiger partial charge on any atom is -0.377 e. The zero-order valence-electron chi connectivity index (χ0n) is 18.5. The van der Waals surface area contributed by atoms with Crippen LogP contribution < -0.4 is 15.5 Å². The lowest BCUT2D eigenvalue weighted by molar-refractivity contribution is 0.0948. The molecule has 1 aromatic heterocycles. The molecule has 0 bridgehead atoms. The molecule has 0 aliphatic carbocycles. The smallest absolute Gasteiger partial charge is 0.272 e. The molecular formula is C24H29N5O2. The molecule has 0 aliphatic rings. The van der Waals surface area contributed by atoms with E-state index in [0.717, 1.165) is 29.4 Å². The second kappa shape index (κ2) is 10.0. The van der Waals surface area contributed by atoms with Crippen LogP contribution in [-0.4, -0.2) is 63.0 Å². The molecule has 0 saturated heterocycles. The quantitative estimate of drug-likeness (QED) is 0.548. The van der Waals surface area contributed by atoms with E-state index in [2.05, 4.69) is 20.5 Å². The van der Waals surface area contributed by atoms with Crippen LogP contribution in [0.4, 0.5) is 11.4 Å². The van der Waals surface area contributed by atoms with Gasteiger partial charge in [-0.2, -0.15) is 0 Å². The number of nitrogens with zero attached hydrogens (tertiary/aromatic N) is 3. The van der Waals surface area contributed by atoms with Gasteiger partial charge in [0, 0.05) is 43.5 Å². The van der Waals surface area contributed by atoms with Crippen molar-refractivity contribution in [2.24, 2.45) is 0 Å². The summed E-state index contributed by atoms with van der Waals surface area (Å²) in [5.41, 5.74) is 2.17. The first-order valence-corrected chi connectivity index (χ1v) is 10.3. The number of aromatic nitrogens is 1. The van der Waals surface area contributed by atoms with Crippen LogP contribution in [0.2, 0.25) is 0 Å². The Morgan fingerprint density at radius 3 is 2.35 bits per heavy atom. The Labute approximate surface area is 183 Å². The van der Waals surface area contributed by atoms with Crippen molar-refractivity contribution in [3.63, 3.8) is 0 Å². The van der Waals surface area contributed by atoms with Crippen LogP contribution in [0.15, 0.2) is 54.7 Å². The average molecular weight is 420 g/mol. The molecule has 31 heavy (non-hydrogen) atoms. The predicted molar refractivity (Wildman–Crippen MR) is 126 cm³/mol. The number of benzene rings is 2. The Morgan fingerprint density at radius 2 is 1.65 bits per heavy atom. The molecular weight excluding hydrogens is 390 g/mol. The number of carbonyl (C=O) groups is 2. The third-order valence-corrected chi connectivity index (χ3v) is 4.97. The van der Waals surface area contributed by atoms with Gasteiger partial charge >= 0.3 is 0 Å². The van der Waals surface area contributed by atoms with Crippen LogP contribution in [0.3, 0.4) is 0 Å². The van der Waals surface area contributed by atoms with E-state index < -0.39 is 0 Å². The molecule has 7 heteroatoms. The highest BCUT2D eigenvalue weighted by Gasteiger charge is 2.18. The fourth-order valence-corrected chi connectivity index (χ4v) is 3.43. The molecule has 7 nitrogen and oxygen atoms in total. The molecule has 1 heterocycles. The van der Waals surface area contributed by atoms with Crippen LogP contribution in [0.5, 0.6) is 0 Å². The summed E-state index contributed by atoms with van der Waals surface area (Å²) in [5, 5.41) is 7.59. The minimum atomic E-state index is -0.303. The second-order valence-electron chi connectivity index (χ2n) is 7.84. The summed E-state index contributed by atoms with van der Waals surface area (Å²) in [6, 6.07) is 14.9. The maximum atomic E-state index is 13.1. The van der Waals surface area contributed by atoms with E-state index in [1.54, 1.807) is 18.3 Å². The van der Waals surface area contributed by atoms with Crippen molar-refractivity contribution < 1.29 is 9.59 Å². The highest BCUT2D eigenvalue weighted by molar-refractivity contribution is 6.16. The van der Waals surface area contributed by atoms with Gasteiger partial charge in [0.1, 0.15) is 0 Å². The number of rotatable bonds is 8. The Balaban J connectivity index is 1.82. The van der Waals surface area contributed by atoms with Gasteiger partial charge in [-0.15, -0.1) is 0 Å². The van der Waals surface area contributed by atoms with E-state index in [0.29, 0.717) is 17.8 Å². The summed E-state index contributed by atoms with van der Waals surface area (Å²) in [6.07, 6.45) is 2.38. The highest BCUT2D eigenvalue weighted by Crippen LogP contribution is 2.29. The molecule has 0 atom stereocenters. The SMILES string of the molecule is CN(C)CCCNC(=O)c1ncccc1NC(=O)c1ccc(N(C)C)c2ccccc12. The van der Waals surface area contributed by atoms with Gasteiger partial charge in [-0.05, 0) is 56.7 Å². The normalized spacial score (nSPS) is 10.9. The van der Waals surface area contributed by atoms with Gasteiger partial charge in [0.05, 0.1) is 5.69 Å². The topological polar surface area (TPSA) is 77.6 Å². The Kier molecular flexibility index (Phi) is 7.20. The van der Waals surface area contributed by atoms with Crippen molar-refractivity contribution in [3.8, 4) is 0 Å². The standard InChI is InChI=1S/C24H29N5O2/c1-28(2)16-8-15-26-24(31)22-20(11-7-14-25-22)27-23(30)19-12-13-21(29(3)4)18-10-6-5-9-17(18)19/h5-7,9-14H,8,15-16H2,1-4H3,(H,26,31)(H,27,30). The van der Waals surface area contributed by atoms with Crippen molar-refractivity contribution in [2.45, 2.75) is 6.42 Å². The Morgan fingerprint density at radius 1 is 0.903 bits per heavy atom. The summed E-state index contributed by atoms with van der Waals surface area (Å²) in [5.74, 6) is -0.585. The van der Waals surface area contributed by atoms with Crippen LogP contribution in [0.1, 0.15) is 27.3 Å². The minimum absolute atomic E-state index is 0.204. The summed E-state index contributed by atoms with van der Waals surface area (Å²) in [6.45, 7) is 1.42. The van der Waals surface area contributed by atoms with Crippen molar-refractivity contribution >= 4 is 34.0 Å². The summed E-state index contributed by atoms with van der Waals surface area (Å²) >= 11 is 0. The van der Waals surface area contributed by atoms with Crippen molar-refractivity contribution in [2.75, 3.05) is 51.5 Å². The molecule has 3 aromatic rings. The number of anilines is 2. The molecule has 0 spiro atoms. The molecule has 3 rings (SSSR count). The first-order chi connectivity index (χ1) is 14.9. The summed E-state index contributed by atoms with van der Waals surface area (Å²) < 4.78 is 0. The van der Waals surface area contributed by atoms with Crippen LogP contribution in [0, 0.1) is 0 Å². The lowest BCUT2D eigenvalue weighted by Gasteiger charge is -2.17. The van der Waals surface area contributed by atoms with Gasteiger partial charge in [0.2, 0.25) is 0 Å². The Bertz CT molecular complexity index is 1080. The fraction of sp³-hybridized carbons (Fsp3) is 0.292. The molecule has 162 valence electrons. The molecule has 0 radical (unpaired) electrons. The predicted octanol–water partition coefficient (Wildman–Crippen LogP) is 3.23. The number of nitrogens with one attached hydrogen (secondary N) is 2. The second-order valence-corrected chi connectivity index (χ2v) is 7.84. The third kappa shape index (κ3) is 5.38. The largest absolute Gasteiger partial charge is 0.377 e. The maximum Gasteiger partial charge on any atom is 0.272 e. The molecule has 0 saturated carbocycles. The van der Waals surface area contributed by atoms with Crippen LogP contribution >= 0.6 is 0 Å². The number of fused-ring (bicyclic) bond motifs is 1. The number of carbonyl (C=O) groups excluding carboxylic acids is 2. The van der Waals surface area contributed by atoms with Gasteiger partial charge in [-0.3, -0.25) is 9.59 Å². The average Bonchev–Trinajstić information content (AvgIpc) is 2.75. The number of hydrogen-bond donors (Lipinski definition) is 2. The zero-order valence-corrected chi connectivity index (χ0v) is 18.5. The van der Waals surface area contributed by atoms with Crippen molar-refractivity contribution in [1.82, 2.24) is 15.2 Å².